The molecule has 0 saturated heterocycles. The Hall–Kier alpha value is -3.61. The minimum Gasteiger partial charge on any atom is -0.497 e. The molecule has 0 unspecified atom stereocenters. The molecule has 0 aliphatic heterocycles. The van der Waals surface area contributed by atoms with E-state index in [2.05, 4.69) is 20.6 Å². The molecule has 0 atom stereocenters. The molecule has 7 heteroatoms. The third-order valence-electron chi connectivity index (χ3n) is 4.26. The van der Waals surface area contributed by atoms with Gasteiger partial charge in [-0.25, -0.2) is 9.97 Å². The predicted octanol–water partition coefficient (Wildman–Crippen LogP) is 4.64. The molecule has 1 aromatic heterocycles. The summed E-state index contributed by atoms with van der Waals surface area (Å²) >= 11 is 0. The number of anilines is 3. The first kappa shape index (κ1) is 21.1. The molecule has 0 aliphatic carbocycles. The minimum atomic E-state index is -0.0619. The second-order valence-electron chi connectivity index (χ2n) is 6.86. The Morgan fingerprint density at radius 2 is 1.60 bits per heavy atom. The number of hydrogen-bond donors (Lipinski definition) is 2. The van der Waals surface area contributed by atoms with Crippen LogP contribution in [-0.4, -0.2) is 29.6 Å². The number of ether oxygens (including phenoxy) is 2. The van der Waals surface area contributed by atoms with Crippen molar-refractivity contribution in [1.29, 1.82) is 0 Å². The Balaban J connectivity index is 1.46. The second kappa shape index (κ2) is 10.2. The lowest BCUT2D eigenvalue weighted by atomic mass is 10.2. The van der Waals surface area contributed by atoms with Crippen molar-refractivity contribution in [2.75, 3.05) is 24.4 Å². The number of nitrogens with zero attached hydrogens (tertiary/aromatic N) is 2. The first-order valence-corrected chi connectivity index (χ1v) is 9.78. The largest absolute Gasteiger partial charge is 0.497 e. The maximum absolute atomic E-state index is 12.2. The van der Waals surface area contributed by atoms with E-state index >= 15 is 0 Å². The molecule has 1 heterocycles. The molecule has 30 heavy (non-hydrogen) atoms. The Labute approximate surface area is 176 Å². The van der Waals surface area contributed by atoms with E-state index in [9.17, 15) is 4.79 Å². The molecule has 0 aliphatic rings. The molecule has 2 N–H and O–H groups in total. The lowest BCUT2D eigenvalue weighted by Gasteiger charge is -2.10. The standard InChI is InChI=1S/C23H26N4O3/c1-16-14-17(2)25-23(24-16)27-19-7-4-6-18(15-19)26-22(28)8-5-13-30-21-11-9-20(29-3)10-12-21/h4,6-7,9-12,14-15H,5,8,13H2,1-3H3,(H,26,28)(H,24,25,27). The minimum absolute atomic E-state index is 0.0619. The zero-order valence-electron chi connectivity index (χ0n) is 17.4. The Kier molecular flexibility index (Phi) is 7.21. The average Bonchev–Trinajstić information content (AvgIpc) is 2.71. The van der Waals surface area contributed by atoms with E-state index in [0.29, 0.717) is 31.1 Å². The molecular formula is C23H26N4O3. The number of nitrogens with one attached hydrogen (secondary N) is 2. The van der Waals surface area contributed by atoms with Gasteiger partial charge in [0.2, 0.25) is 11.9 Å². The van der Waals surface area contributed by atoms with Gasteiger partial charge in [-0.15, -0.1) is 0 Å². The van der Waals surface area contributed by atoms with E-state index in [0.717, 1.165) is 28.6 Å². The first-order chi connectivity index (χ1) is 14.5. The zero-order valence-corrected chi connectivity index (χ0v) is 17.4. The third kappa shape index (κ3) is 6.48. The van der Waals surface area contributed by atoms with Crippen molar-refractivity contribution in [3.63, 3.8) is 0 Å². The topological polar surface area (TPSA) is 85.4 Å². The number of rotatable bonds is 9. The van der Waals surface area contributed by atoms with E-state index in [1.807, 2.05) is 68.4 Å². The number of hydrogen-bond acceptors (Lipinski definition) is 6. The van der Waals surface area contributed by atoms with Crippen LogP contribution in [0.4, 0.5) is 17.3 Å². The number of amides is 1. The van der Waals surface area contributed by atoms with Crippen molar-refractivity contribution in [2.24, 2.45) is 0 Å². The summed E-state index contributed by atoms with van der Waals surface area (Å²) in [5, 5.41) is 6.09. The van der Waals surface area contributed by atoms with Crippen LogP contribution in [0.5, 0.6) is 11.5 Å². The quantitative estimate of drug-likeness (QED) is 0.504. The van der Waals surface area contributed by atoms with Crippen LogP contribution < -0.4 is 20.1 Å². The molecular weight excluding hydrogens is 380 g/mol. The van der Waals surface area contributed by atoms with Crippen LogP contribution in [0.1, 0.15) is 24.2 Å². The van der Waals surface area contributed by atoms with Gasteiger partial charge in [-0.3, -0.25) is 4.79 Å². The van der Waals surface area contributed by atoms with Gasteiger partial charge in [0.25, 0.3) is 0 Å². The van der Waals surface area contributed by atoms with E-state index in [1.54, 1.807) is 7.11 Å². The fraction of sp³-hybridized carbons (Fsp3) is 0.261. The van der Waals surface area contributed by atoms with Crippen LogP contribution in [0.3, 0.4) is 0 Å². The zero-order chi connectivity index (χ0) is 21.3. The van der Waals surface area contributed by atoms with E-state index in [-0.39, 0.29) is 5.91 Å². The summed E-state index contributed by atoms with van der Waals surface area (Å²) in [4.78, 5) is 21.0. The normalized spacial score (nSPS) is 10.4. The Morgan fingerprint density at radius 3 is 2.30 bits per heavy atom. The lowest BCUT2D eigenvalue weighted by molar-refractivity contribution is -0.116. The maximum atomic E-state index is 12.2. The highest BCUT2D eigenvalue weighted by Gasteiger charge is 2.05. The van der Waals surface area contributed by atoms with Gasteiger partial charge in [-0.05, 0) is 68.8 Å². The number of aromatic nitrogens is 2. The van der Waals surface area contributed by atoms with Crippen LogP contribution in [0.2, 0.25) is 0 Å². The van der Waals surface area contributed by atoms with Crippen molar-refractivity contribution in [1.82, 2.24) is 9.97 Å². The lowest BCUT2D eigenvalue weighted by Crippen LogP contribution is -2.13. The number of benzene rings is 2. The van der Waals surface area contributed by atoms with Gasteiger partial charge in [-0.2, -0.15) is 0 Å². The predicted molar refractivity (Wildman–Crippen MR) is 118 cm³/mol. The highest BCUT2D eigenvalue weighted by Crippen LogP contribution is 2.19. The fourth-order valence-corrected chi connectivity index (χ4v) is 2.90. The smallest absolute Gasteiger partial charge is 0.227 e. The monoisotopic (exact) mass is 406 g/mol. The van der Waals surface area contributed by atoms with E-state index in [1.165, 1.54) is 0 Å². The van der Waals surface area contributed by atoms with Crippen molar-refractivity contribution in [3.8, 4) is 11.5 Å². The summed E-state index contributed by atoms with van der Waals surface area (Å²) in [6.45, 7) is 4.31. The summed E-state index contributed by atoms with van der Waals surface area (Å²) in [5.74, 6) is 2.01. The average molecular weight is 406 g/mol. The van der Waals surface area contributed by atoms with Gasteiger partial charge in [-0.1, -0.05) is 6.07 Å². The SMILES string of the molecule is COc1ccc(OCCCC(=O)Nc2cccc(Nc3nc(C)cc(C)n3)c2)cc1. The van der Waals surface area contributed by atoms with Gasteiger partial charge in [0.15, 0.2) is 0 Å². The van der Waals surface area contributed by atoms with Crippen LogP contribution in [0.15, 0.2) is 54.6 Å². The summed E-state index contributed by atoms with van der Waals surface area (Å²) in [5.41, 5.74) is 3.31. The van der Waals surface area contributed by atoms with Crippen LogP contribution in [0.25, 0.3) is 0 Å². The highest BCUT2D eigenvalue weighted by molar-refractivity contribution is 5.91. The van der Waals surface area contributed by atoms with Crippen LogP contribution >= 0.6 is 0 Å². The maximum Gasteiger partial charge on any atom is 0.227 e. The molecule has 3 rings (SSSR count). The summed E-state index contributed by atoms with van der Waals surface area (Å²) < 4.78 is 10.8. The molecule has 0 spiro atoms. The summed E-state index contributed by atoms with van der Waals surface area (Å²) in [6, 6.07) is 16.8. The number of methoxy groups -OCH3 is 1. The molecule has 156 valence electrons. The van der Waals surface area contributed by atoms with Crippen LogP contribution in [-0.2, 0) is 4.79 Å². The van der Waals surface area contributed by atoms with Crippen molar-refractivity contribution in [3.05, 3.63) is 66.0 Å². The first-order valence-electron chi connectivity index (χ1n) is 9.78. The third-order valence-corrected chi connectivity index (χ3v) is 4.26. The van der Waals surface area contributed by atoms with Crippen molar-refractivity contribution in [2.45, 2.75) is 26.7 Å². The molecule has 3 aromatic rings. The Morgan fingerprint density at radius 1 is 0.933 bits per heavy atom. The van der Waals surface area contributed by atoms with Gasteiger partial charge in [0, 0.05) is 29.2 Å². The van der Waals surface area contributed by atoms with E-state index in [4.69, 9.17) is 9.47 Å². The van der Waals surface area contributed by atoms with Gasteiger partial charge in [0.05, 0.1) is 13.7 Å². The number of aryl methyl sites for hydroxylation is 2. The summed E-state index contributed by atoms with van der Waals surface area (Å²) in [6.07, 6.45) is 0.986. The van der Waals surface area contributed by atoms with E-state index < -0.39 is 0 Å². The molecule has 0 radical (unpaired) electrons. The Bertz CT molecular complexity index is 970. The molecule has 7 nitrogen and oxygen atoms in total. The second-order valence-corrected chi connectivity index (χ2v) is 6.86. The number of carbonyl (C=O) groups excluding carboxylic acids is 1. The molecule has 2 aromatic carbocycles. The van der Waals surface area contributed by atoms with Gasteiger partial charge < -0.3 is 20.1 Å². The molecule has 0 bridgehead atoms. The molecule has 1 amide bonds. The summed E-state index contributed by atoms with van der Waals surface area (Å²) in [7, 11) is 1.62. The van der Waals surface area contributed by atoms with Crippen molar-refractivity contribution < 1.29 is 14.3 Å². The van der Waals surface area contributed by atoms with Gasteiger partial charge >= 0.3 is 0 Å². The van der Waals surface area contributed by atoms with Crippen LogP contribution in [0, 0.1) is 13.8 Å². The number of carbonyl (C=O) groups is 1. The van der Waals surface area contributed by atoms with Crippen molar-refractivity contribution >= 4 is 23.2 Å². The highest BCUT2D eigenvalue weighted by atomic mass is 16.5. The molecule has 0 saturated carbocycles. The fourth-order valence-electron chi connectivity index (χ4n) is 2.90. The molecule has 0 fully saturated rings. The van der Waals surface area contributed by atoms with Gasteiger partial charge in [0.1, 0.15) is 11.5 Å².